The zero-order valence-corrected chi connectivity index (χ0v) is 15.5. The maximum atomic E-state index is 9.72. The number of aryl methyl sites for hydroxylation is 2. The molecule has 0 aliphatic rings. The summed E-state index contributed by atoms with van der Waals surface area (Å²) in [5, 5.41) is 19.2. The fourth-order valence-electron chi connectivity index (χ4n) is 2.21. The largest absolute Gasteiger partial charge is 0.508 e. The first kappa shape index (κ1) is 19.6. The van der Waals surface area contributed by atoms with Crippen LogP contribution in [0.1, 0.15) is 37.0 Å². The lowest BCUT2D eigenvalue weighted by Gasteiger charge is -2.11. The minimum atomic E-state index is 0.0327. The van der Waals surface area contributed by atoms with Gasteiger partial charge in [0.1, 0.15) is 5.75 Å². The number of allylic oxidation sites excluding steroid dienone is 2. The van der Waals surface area contributed by atoms with E-state index in [1.165, 1.54) is 11.1 Å². The standard InChI is InChI=1S/C20H28O2S/c1-6-14(3)18(11-21)10-17(7-2)12-23-13-19-8-16(5)20(22)9-15(19)4/h7-10,21-22H,3,6,11-13H2,1-2,4-5H3/b17-7-,18-10+. The first-order valence-corrected chi connectivity index (χ1v) is 9.09. The van der Waals surface area contributed by atoms with Gasteiger partial charge in [0.05, 0.1) is 6.61 Å². The van der Waals surface area contributed by atoms with E-state index in [1.807, 2.05) is 51.6 Å². The van der Waals surface area contributed by atoms with Crippen molar-refractivity contribution >= 4 is 11.8 Å². The lowest BCUT2D eigenvalue weighted by molar-refractivity contribution is 0.333. The van der Waals surface area contributed by atoms with Gasteiger partial charge in [0, 0.05) is 11.5 Å². The molecule has 0 unspecified atom stereocenters. The quantitative estimate of drug-likeness (QED) is 0.653. The number of aliphatic hydroxyl groups is 1. The Kier molecular flexibility index (Phi) is 8.21. The highest BCUT2D eigenvalue weighted by Gasteiger charge is 2.05. The van der Waals surface area contributed by atoms with Crippen LogP contribution < -0.4 is 0 Å². The highest BCUT2D eigenvalue weighted by molar-refractivity contribution is 7.98. The number of hydrogen-bond acceptors (Lipinski definition) is 3. The SMILES string of the molecule is C=C(CC)/C(=C/C(=C/C)CSCc1cc(C)c(O)cc1C)CO. The topological polar surface area (TPSA) is 40.5 Å². The van der Waals surface area contributed by atoms with Gasteiger partial charge < -0.3 is 10.2 Å². The number of phenols is 1. The smallest absolute Gasteiger partial charge is 0.118 e. The predicted molar refractivity (Wildman–Crippen MR) is 102 cm³/mol. The van der Waals surface area contributed by atoms with Gasteiger partial charge in [-0.3, -0.25) is 0 Å². The molecule has 1 aromatic carbocycles. The van der Waals surface area contributed by atoms with Crippen LogP contribution in [0.25, 0.3) is 0 Å². The van der Waals surface area contributed by atoms with Gasteiger partial charge in [-0.25, -0.2) is 0 Å². The molecule has 0 spiro atoms. The molecule has 0 aliphatic carbocycles. The number of hydrogen-bond donors (Lipinski definition) is 2. The van der Waals surface area contributed by atoms with Crippen LogP contribution in [0.15, 0.2) is 47.6 Å². The van der Waals surface area contributed by atoms with Gasteiger partial charge in [0.2, 0.25) is 0 Å². The number of aromatic hydroxyl groups is 1. The second-order valence-electron chi connectivity index (χ2n) is 5.71. The molecule has 0 saturated carbocycles. The predicted octanol–water partition coefficient (Wildman–Crippen LogP) is 5.07. The molecule has 0 aliphatic heterocycles. The average molecular weight is 333 g/mol. The molecule has 2 nitrogen and oxygen atoms in total. The molecule has 1 aromatic rings. The highest BCUT2D eigenvalue weighted by Crippen LogP contribution is 2.26. The number of benzene rings is 1. The van der Waals surface area contributed by atoms with Crippen molar-refractivity contribution in [3.8, 4) is 5.75 Å². The molecule has 0 saturated heterocycles. The van der Waals surface area contributed by atoms with E-state index in [0.717, 1.165) is 40.2 Å². The van der Waals surface area contributed by atoms with Gasteiger partial charge in [-0.1, -0.05) is 31.7 Å². The normalized spacial score (nSPS) is 12.6. The third-order valence-electron chi connectivity index (χ3n) is 3.96. The monoisotopic (exact) mass is 332 g/mol. The van der Waals surface area contributed by atoms with E-state index in [4.69, 9.17) is 0 Å². The summed E-state index contributed by atoms with van der Waals surface area (Å²) in [7, 11) is 0. The van der Waals surface area contributed by atoms with Crippen LogP contribution >= 0.6 is 11.8 Å². The van der Waals surface area contributed by atoms with E-state index in [1.54, 1.807) is 0 Å². The van der Waals surface area contributed by atoms with Crippen molar-refractivity contribution in [1.29, 1.82) is 0 Å². The summed E-state index contributed by atoms with van der Waals surface area (Å²) in [5.41, 5.74) is 6.39. The van der Waals surface area contributed by atoms with Crippen molar-refractivity contribution in [3.63, 3.8) is 0 Å². The molecule has 23 heavy (non-hydrogen) atoms. The molecule has 0 bridgehead atoms. The summed E-state index contributed by atoms with van der Waals surface area (Å²) in [5.74, 6) is 2.15. The summed E-state index contributed by atoms with van der Waals surface area (Å²) < 4.78 is 0. The molecule has 126 valence electrons. The maximum absolute atomic E-state index is 9.72. The summed E-state index contributed by atoms with van der Waals surface area (Å²) in [6.07, 6.45) is 4.98. The average Bonchev–Trinajstić information content (AvgIpc) is 2.54. The fraction of sp³-hybridized carbons (Fsp3) is 0.400. The first-order chi connectivity index (χ1) is 10.9. The lowest BCUT2D eigenvalue weighted by atomic mass is 10.0. The van der Waals surface area contributed by atoms with Crippen molar-refractivity contribution in [1.82, 2.24) is 0 Å². The summed E-state index contributed by atoms with van der Waals surface area (Å²) in [6, 6.07) is 3.89. The van der Waals surface area contributed by atoms with E-state index < -0.39 is 0 Å². The van der Waals surface area contributed by atoms with Crippen LogP contribution in [0.5, 0.6) is 5.75 Å². The molecule has 1 rings (SSSR count). The molecule has 0 heterocycles. The van der Waals surface area contributed by atoms with E-state index in [-0.39, 0.29) is 6.61 Å². The van der Waals surface area contributed by atoms with Crippen molar-refractivity contribution in [2.75, 3.05) is 12.4 Å². The zero-order chi connectivity index (χ0) is 17.4. The van der Waals surface area contributed by atoms with Crippen LogP contribution in [-0.4, -0.2) is 22.6 Å². The van der Waals surface area contributed by atoms with Crippen molar-refractivity contribution in [3.05, 3.63) is 64.3 Å². The van der Waals surface area contributed by atoms with Gasteiger partial charge in [0.25, 0.3) is 0 Å². The molecular weight excluding hydrogens is 304 g/mol. The number of thioether (sulfide) groups is 1. The van der Waals surface area contributed by atoms with Crippen LogP contribution in [-0.2, 0) is 5.75 Å². The first-order valence-electron chi connectivity index (χ1n) is 7.94. The van der Waals surface area contributed by atoms with E-state index in [2.05, 4.69) is 18.7 Å². The number of phenolic OH excluding ortho intramolecular Hbond substituents is 1. The van der Waals surface area contributed by atoms with Crippen molar-refractivity contribution in [2.24, 2.45) is 0 Å². The molecule has 0 fully saturated rings. The van der Waals surface area contributed by atoms with Crippen LogP contribution in [0.3, 0.4) is 0 Å². The molecule has 3 heteroatoms. The molecular formula is C20H28O2S. The number of aliphatic hydroxyl groups excluding tert-OH is 1. The van der Waals surface area contributed by atoms with Gasteiger partial charge in [-0.15, -0.1) is 0 Å². The molecule has 0 radical (unpaired) electrons. The third-order valence-corrected chi connectivity index (χ3v) is 5.02. The summed E-state index contributed by atoms with van der Waals surface area (Å²) in [6.45, 7) is 12.1. The van der Waals surface area contributed by atoms with Gasteiger partial charge in [-0.05, 0) is 66.7 Å². The maximum Gasteiger partial charge on any atom is 0.118 e. The highest BCUT2D eigenvalue weighted by atomic mass is 32.2. The lowest BCUT2D eigenvalue weighted by Crippen LogP contribution is -1.96. The summed E-state index contributed by atoms with van der Waals surface area (Å²) in [4.78, 5) is 0. The molecule has 0 atom stereocenters. The van der Waals surface area contributed by atoms with Gasteiger partial charge in [0.15, 0.2) is 0 Å². The molecule has 2 N–H and O–H groups in total. The van der Waals surface area contributed by atoms with E-state index in [0.29, 0.717) is 5.75 Å². The Bertz CT molecular complexity index is 612. The van der Waals surface area contributed by atoms with E-state index >= 15 is 0 Å². The van der Waals surface area contributed by atoms with Crippen LogP contribution in [0, 0.1) is 13.8 Å². The fourth-order valence-corrected chi connectivity index (χ4v) is 3.33. The van der Waals surface area contributed by atoms with Gasteiger partial charge >= 0.3 is 0 Å². The second kappa shape index (κ2) is 9.64. The molecule has 0 aromatic heterocycles. The third kappa shape index (κ3) is 5.92. The minimum Gasteiger partial charge on any atom is -0.508 e. The second-order valence-corrected chi connectivity index (χ2v) is 6.69. The van der Waals surface area contributed by atoms with Gasteiger partial charge in [-0.2, -0.15) is 11.8 Å². The Morgan fingerprint density at radius 2 is 1.96 bits per heavy atom. The zero-order valence-electron chi connectivity index (χ0n) is 14.6. The Labute approximate surface area is 144 Å². The van der Waals surface area contributed by atoms with Crippen molar-refractivity contribution < 1.29 is 10.2 Å². The Hall–Kier alpha value is -1.45. The molecule has 0 amide bonds. The number of rotatable bonds is 8. The summed E-state index contributed by atoms with van der Waals surface area (Å²) >= 11 is 1.83. The van der Waals surface area contributed by atoms with E-state index in [9.17, 15) is 10.2 Å². The van der Waals surface area contributed by atoms with Crippen molar-refractivity contribution in [2.45, 2.75) is 39.9 Å². The van der Waals surface area contributed by atoms with Crippen LogP contribution in [0.2, 0.25) is 0 Å². The Morgan fingerprint density at radius 1 is 1.26 bits per heavy atom. The minimum absolute atomic E-state index is 0.0327. The Morgan fingerprint density at radius 3 is 2.52 bits per heavy atom. The van der Waals surface area contributed by atoms with Crippen LogP contribution in [0.4, 0.5) is 0 Å². The Balaban J connectivity index is 2.71.